The fraction of sp³-hybridized carbons (Fsp3) is 0.495. The van der Waals surface area contributed by atoms with E-state index in [0.29, 0.717) is 95.1 Å². The van der Waals surface area contributed by atoms with E-state index in [-0.39, 0.29) is 23.1 Å². The van der Waals surface area contributed by atoms with Crippen molar-refractivity contribution < 1.29 is 53.6 Å². The molecule has 7 N–H and O–H groups in total. The number of Topliss-reactive ketones (excluding diaryl/α,β-unsaturated/α-hetero) is 1. The second kappa shape index (κ2) is 48.9. The number of halogens is 1. The van der Waals surface area contributed by atoms with Gasteiger partial charge in [0.15, 0.2) is 0 Å². The number of rotatable bonds is 26. The van der Waals surface area contributed by atoms with Crippen LogP contribution in [0.4, 0.5) is 0 Å². The lowest BCUT2D eigenvalue weighted by Gasteiger charge is -2.39. The standard InChI is InChI=1S/C17H25N.C16H22N2.C11H15NO4.C11H17NO2.C10H12O2.C10H16O.C9H11BrO.C7H6O2.C6H8N2/c1-16(2)13-9-10-17(16,3)14(12-13)7-8-15-6-4-5-11-18-15;1-15(2)12-7-8-16(15,3)14(10-12)18-11-13-6-4-5-9-17-13;1-2-6-16-10-5-3-4-9(7-10)11(13)8-12(14)15;1-2-6-14-10-5-3-4-9(7-10)11(13)8-12;1-2-6-12-10-5-3-4-9(7-10)8-11;1-9(2)7-4-5-10(9,3)8(11)6-7;10-6-7-11-8-9-4-2-1-3-5-9;8-5-6-2-1-3-7(9)4-6;7-5-6-3-1-2-4-8-6/h4-6,11,13-14H,7-10,12H2,1-3H3;4-6,9,12H,7-8,10-11H2,1-3H3;3-5,7,11,13H,2,6,8H2,1H3;3-5,7,11,13H,2,6,8,12H2,1H3;3-5,7-8H,2,6H2,1H3;7H,4-6H2,1-3H3;1-5H,6-8H2;1-5,9H;1-4H,5,7H2/t13?,14?,17-;12?,16-;2*11-;;7?,10-;;;/m0000.0.../s1. The number of alkyl halides is 1. The van der Waals surface area contributed by atoms with Crippen molar-refractivity contribution in [2.24, 2.45) is 72.6 Å². The molecule has 3 heterocycles. The number of aliphatic hydroxyl groups excluding tert-OH is 2. The fourth-order valence-electron chi connectivity index (χ4n) is 16.7. The highest BCUT2D eigenvalue weighted by atomic mass is 79.9. The van der Waals surface area contributed by atoms with Gasteiger partial charge in [0.2, 0.25) is 6.54 Å². The molecule has 3 aromatic heterocycles. The number of nitrogens with two attached hydrogens (primary N) is 2. The molecule has 6 aliphatic rings. The van der Waals surface area contributed by atoms with Gasteiger partial charge in [0.05, 0.1) is 57.1 Å². The summed E-state index contributed by atoms with van der Waals surface area (Å²) in [4.78, 5) is 59.4. The van der Waals surface area contributed by atoms with Gasteiger partial charge in [-0.25, -0.2) is 0 Å². The molecule has 8 aromatic rings. The lowest BCUT2D eigenvalue weighted by atomic mass is 9.65. The van der Waals surface area contributed by atoms with Crippen molar-refractivity contribution in [3.8, 4) is 23.0 Å². The van der Waals surface area contributed by atoms with Gasteiger partial charge in [0.25, 0.3) is 0 Å². The second-order valence-corrected chi connectivity index (χ2v) is 34.1. The van der Waals surface area contributed by atoms with Gasteiger partial charge < -0.3 is 45.7 Å². The van der Waals surface area contributed by atoms with Crippen LogP contribution in [0.2, 0.25) is 0 Å². The van der Waals surface area contributed by atoms with Gasteiger partial charge in [-0.1, -0.05) is 196 Å². The Morgan fingerprint density at radius 2 is 1.05 bits per heavy atom. The number of nitrogens with zero attached hydrogens (tertiary/aromatic N) is 5. The molecule has 117 heavy (non-hydrogen) atoms. The van der Waals surface area contributed by atoms with E-state index in [2.05, 4.69) is 130 Å². The Kier molecular flexibility index (Phi) is 40.5. The predicted octanol–water partition coefficient (Wildman–Crippen LogP) is 20.6. The average Bonchev–Trinajstić information content (AvgIpc) is 1.57. The molecule has 0 amide bonds. The van der Waals surface area contributed by atoms with Crippen molar-refractivity contribution >= 4 is 40.0 Å². The lowest BCUT2D eigenvalue weighted by molar-refractivity contribution is -0.491. The van der Waals surface area contributed by atoms with Crippen LogP contribution in [0.25, 0.3) is 0 Å². The molecule has 6 bridgehead atoms. The van der Waals surface area contributed by atoms with Crippen LogP contribution in [0.1, 0.15) is 233 Å². The van der Waals surface area contributed by atoms with Gasteiger partial charge in [-0.05, 0) is 230 Å². The molecule has 6 saturated carbocycles. The molecule has 9 atom stereocenters. The van der Waals surface area contributed by atoms with Crippen LogP contribution in [-0.2, 0) is 35.6 Å². The summed E-state index contributed by atoms with van der Waals surface area (Å²) in [7, 11) is 0. The topological polar surface area (TPSA) is 295 Å². The van der Waals surface area contributed by atoms with Crippen molar-refractivity contribution in [1.82, 2.24) is 15.0 Å². The number of hydrogen-bond donors (Lipinski definition) is 5. The molecule has 5 aromatic carbocycles. The summed E-state index contributed by atoms with van der Waals surface area (Å²) < 4.78 is 21.5. The Labute approximate surface area is 705 Å². The Morgan fingerprint density at radius 1 is 0.564 bits per heavy atom. The molecular formula is C97H132BrN7O12. The van der Waals surface area contributed by atoms with Crippen LogP contribution in [0.15, 0.2) is 206 Å². The first kappa shape index (κ1) is 96.9. The van der Waals surface area contributed by atoms with Crippen molar-refractivity contribution in [3.63, 3.8) is 0 Å². The van der Waals surface area contributed by atoms with E-state index in [1.807, 2.05) is 117 Å². The van der Waals surface area contributed by atoms with Crippen molar-refractivity contribution in [2.45, 2.75) is 205 Å². The summed E-state index contributed by atoms with van der Waals surface area (Å²) in [6.07, 6.45) is 22.2. The van der Waals surface area contributed by atoms with E-state index < -0.39 is 23.7 Å². The largest absolute Gasteiger partial charge is 0.508 e. The molecule has 14 rings (SSSR count). The molecule has 0 radical (unpaired) electrons. The number of carbonyl (C=O) groups is 3. The van der Waals surface area contributed by atoms with Gasteiger partial charge in [0.1, 0.15) is 47.5 Å². The number of aromatic nitrogens is 3. The van der Waals surface area contributed by atoms with Gasteiger partial charge in [-0.3, -0.25) is 44.4 Å². The number of hydrogen-bond acceptors (Lipinski definition) is 18. The molecule has 6 aliphatic carbocycles. The summed E-state index contributed by atoms with van der Waals surface area (Å²) in [6.45, 7) is 32.1. The van der Waals surface area contributed by atoms with Gasteiger partial charge in [-0.15, -0.1) is 0 Å². The number of nitro groups is 1. The number of aldehydes is 2. The zero-order valence-electron chi connectivity index (χ0n) is 71.4. The third kappa shape index (κ3) is 28.7. The molecule has 6 fully saturated rings. The van der Waals surface area contributed by atoms with Gasteiger partial charge >= 0.3 is 0 Å². The average molecular weight is 1670 g/mol. The minimum atomic E-state index is -1.08. The molecule has 19 nitrogen and oxygen atoms in total. The zero-order valence-corrected chi connectivity index (χ0v) is 73.0. The molecule has 0 spiro atoms. The molecule has 4 unspecified atom stereocenters. The van der Waals surface area contributed by atoms with Crippen molar-refractivity contribution in [3.05, 3.63) is 256 Å². The Hall–Kier alpha value is -8.89. The minimum Gasteiger partial charge on any atom is -0.508 e. The fourth-order valence-corrected chi connectivity index (χ4v) is 16.9. The minimum absolute atomic E-state index is 0.0255. The number of aliphatic imine (C=N–C) groups is 1. The molecule has 20 heteroatoms. The zero-order chi connectivity index (χ0) is 85.5. The van der Waals surface area contributed by atoms with Crippen LogP contribution < -0.4 is 25.7 Å². The van der Waals surface area contributed by atoms with Crippen LogP contribution >= 0.6 is 15.9 Å². The molecule has 0 aliphatic heterocycles. The van der Waals surface area contributed by atoms with E-state index in [4.69, 9.17) is 40.5 Å². The van der Waals surface area contributed by atoms with E-state index >= 15 is 0 Å². The second-order valence-electron chi connectivity index (χ2n) is 33.3. The normalized spacial score (nSPS) is 21.9. The maximum absolute atomic E-state index is 11.6. The smallest absolute Gasteiger partial charge is 0.233 e. The first-order chi connectivity index (χ1) is 56.0. The molecule has 0 saturated heterocycles. The van der Waals surface area contributed by atoms with Crippen LogP contribution in [0.3, 0.4) is 0 Å². The highest BCUT2D eigenvalue weighted by molar-refractivity contribution is 9.09. The van der Waals surface area contributed by atoms with Crippen LogP contribution in [0.5, 0.6) is 23.0 Å². The number of benzene rings is 5. The summed E-state index contributed by atoms with van der Waals surface area (Å²) in [6, 6.07) is 55.7. The number of aliphatic hydroxyl groups is 2. The third-order valence-electron chi connectivity index (χ3n) is 25.3. The van der Waals surface area contributed by atoms with E-state index in [9.17, 15) is 34.7 Å². The predicted molar refractivity (Wildman–Crippen MR) is 473 cm³/mol. The summed E-state index contributed by atoms with van der Waals surface area (Å²) in [5, 5.41) is 39.0. The van der Waals surface area contributed by atoms with Crippen molar-refractivity contribution in [1.29, 1.82) is 0 Å². The quantitative estimate of drug-likeness (QED) is 0.0111. The SMILES string of the molecule is BrCCOCc1ccccc1.CC1(C)C2CC[C@@]1(C)C(=NCc1ccccn1)C2.CC1(C)C2CC[C@@]1(C)C(=O)C2.CC1(C)C2CC[C@@]1(C)C(CCc1ccccn1)C2.CCCOc1cccc(C=O)c1.CCCOc1cccc([C@@H](O)CN)c1.CCCOc1cccc([C@@H](O)C[N+](=O)[O-])c1.NCc1ccccn1.O=Cc1cccc(O)c1. The highest BCUT2D eigenvalue weighted by Crippen LogP contribution is 2.69. The number of carbonyl (C=O) groups excluding carboxylic acids is 3. The summed E-state index contributed by atoms with van der Waals surface area (Å²) in [5.41, 5.74) is 21.3. The number of ketones is 1. The number of phenols is 1. The number of aryl methyl sites for hydroxylation is 1. The van der Waals surface area contributed by atoms with E-state index in [0.717, 1.165) is 109 Å². The van der Waals surface area contributed by atoms with E-state index in [1.54, 1.807) is 54.7 Å². The first-order valence-electron chi connectivity index (χ1n) is 41.7. The monoisotopic (exact) mass is 1670 g/mol. The van der Waals surface area contributed by atoms with Gasteiger partial charge in [-0.2, -0.15) is 0 Å². The van der Waals surface area contributed by atoms with Crippen LogP contribution in [0, 0.1) is 66.3 Å². The van der Waals surface area contributed by atoms with Crippen LogP contribution in [-0.4, -0.2) is 104 Å². The maximum Gasteiger partial charge on any atom is 0.233 e. The number of pyridine rings is 3. The Balaban J connectivity index is 0.000000207. The molecular weight excluding hydrogens is 1540 g/mol. The Bertz CT molecular complexity index is 4250. The maximum atomic E-state index is 11.6. The Morgan fingerprint density at radius 3 is 1.45 bits per heavy atom. The third-order valence-corrected chi connectivity index (χ3v) is 25.6. The summed E-state index contributed by atoms with van der Waals surface area (Å²) >= 11 is 3.30. The van der Waals surface area contributed by atoms with Gasteiger partial charge in [0, 0.05) is 81.7 Å². The first-order valence-corrected chi connectivity index (χ1v) is 42.9. The lowest BCUT2D eigenvalue weighted by Crippen LogP contribution is -2.32. The summed E-state index contributed by atoms with van der Waals surface area (Å²) in [5.74, 6) is 6.22. The number of aromatic hydroxyl groups is 1. The number of phenolic OH excluding ortho intramolecular Hbond substituents is 1. The van der Waals surface area contributed by atoms with Crippen molar-refractivity contribution in [2.75, 3.05) is 44.8 Å². The van der Waals surface area contributed by atoms with E-state index in [1.165, 1.54) is 80.5 Å². The molecule has 634 valence electrons. The number of fused-ring (bicyclic) bond motifs is 6. The highest BCUT2D eigenvalue weighted by Gasteiger charge is 2.62. The number of ether oxygens (including phenoxy) is 4.